The second kappa shape index (κ2) is 5.59. The van der Waals surface area contributed by atoms with Crippen LogP contribution in [0.2, 0.25) is 0 Å². The molecule has 1 aromatic carbocycles. The second-order valence-electron chi connectivity index (χ2n) is 3.83. The SMILES string of the molecule is CCN(CC)Cc1nnc(-c2ccccc2)o1. The van der Waals surface area contributed by atoms with Crippen LogP contribution in [0.5, 0.6) is 0 Å². The smallest absolute Gasteiger partial charge is 0.247 e. The zero-order valence-electron chi connectivity index (χ0n) is 10.3. The standard InChI is InChI=1S/C13H17N3O/c1-3-16(4-2)10-12-14-15-13(17-12)11-8-6-5-7-9-11/h5-9H,3-4,10H2,1-2H3. The van der Waals surface area contributed by atoms with E-state index in [0.29, 0.717) is 18.3 Å². The molecule has 4 heteroatoms. The van der Waals surface area contributed by atoms with Crippen molar-refractivity contribution < 1.29 is 4.42 Å². The van der Waals surface area contributed by atoms with E-state index in [1.165, 1.54) is 0 Å². The van der Waals surface area contributed by atoms with Crippen molar-refractivity contribution >= 4 is 0 Å². The molecule has 17 heavy (non-hydrogen) atoms. The maximum absolute atomic E-state index is 5.64. The minimum absolute atomic E-state index is 0.591. The molecule has 0 aliphatic carbocycles. The van der Waals surface area contributed by atoms with Crippen LogP contribution in [0.4, 0.5) is 0 Å². The molecule has 1 aromatic heterocycles. The Balaban J connectivity index is 2.11. The van der Waals surface area contributed by atoms with Crippen molar-refractivity contribution in [3.63, 3.8) is 0 Å². The molecule has 0 unspecified atom stereocenters. The van der Waals surface area contributed by atoms with E-state index in [1.807, 2.05) is 30.3 Å². The molecule has 4 nitrogen and oxygen atoms in total. The molecular formula is C13H17N3O. The van der Waals surface area contributed by atoms with Gasteiger partial charge in [0.15, 0.2) is 0 Å². The Kier molecular flexibility index (Phi) is 3.88. The Morgan fingerprint density at radius 2 is 1.76 bits per heavy atom. The van der Waals surface area contributed by atoms with Crippen molar-refractivity contribution in [3.8, 4) is 11.5 Å². The maximum atomic E-state index is 5.64. The van der Waals surface area contributed by atoms with E-state index in [-0.39, 0.29) is 0 Å². The summed E-state index contributed by atoms with van der Waals surface area (Å²) in [5, 5.41) is 8.13. The molecule has 0 saturated carbocycles. The molecule has 0 N–H and O–H groups in total. The summed E-state index contributed by atoms with van der Waals surface area (Å²) in [5.74, 6) is 1.26. The van der Waals surface area contributed by atoms with Crippen LogP contribution in [0.1, 0.15) is 19.7 Å². The van der Waals surface area contributed by atoms with Crippen molar-refractivity contribution in [2.75, 3.05) is 13.1 Å². The summed E-state index contributed by atoms with van der Waals surface area (Å²) in [5.41, 5.74) is 0.964. The zero-order valence-corrected chi connectivity index (χ0v) is 10.3. The highest BCUT2D eigenvalue weighted by molar-refractivity contribution is 5.51. The zero-order chi connectivity index (χ0) is 12.1. The molecule has 0 saturated heterocycles. The number of hydrogen-bond acceptors (Lipinski definition) is 4. The first-order valence-corrected chi connectivity index (χ1v) is 5.93. The van der Waals surface area contributed by atoms with Crippen LogP contribution < -0.4 is 0 Å². The molecule has 0 spiro atoms. The largest absolute Gasteiger partial charge is 0.419 e. The fraction of sp³-hybridized carbons (Fsp3) is 0.385. The third kappa shape index (κ3) is 2.91. The minimum atomic E-state index is 0.591. The summed E-state index contributed by atoms with van der Waals surface area (Å²) < 4.78 is 5.64. The Bertz CT molecular complexity index is 449. The maximum Gasteiger partial charge on any atom is 0.247 e. The van der Waals surface area contributed by atoms with Crippen LogP contribution in [0.15, 0.2) is 34.7 Å². The Morgan fingerprint density at radius 3 is 2.41 bits per heavy atom. The molecule has 0 amide bonds. The summed E-state index contributed by atoms with van der Waals surface area (Å²) in [6.45, 7) is 6.93. The van der Waals surface area contributed by atoms with Gasteiger partial charge in [-0.3, -0.25) is 4.90 Å². The fourth-order valence-electron chi connectivity index (χ4n) is 1.65. The first kappa shape index (κ1) is 11.8. The van der Waals surface area contributed by atoms with E-state index in [0.717, 1.165) is 18.7 Å². The van der Waals surface area contributed by atoms with E-state index >= 15 is 0 Å². The Morgan fingerprint density at radius 1 is 1.06 bits per heavy atom. The average molecular weight is 231 g/mol. The number of rotatable bonds is 5. The first-order valence-electron chi connectivity index (χ1n) is 5.93. The van der Waals surface area contributed by atoms with Crippen LogP contribution in [-0.2, 0) is 6.54 Å². The van der Waals surface area contributed by atoms with Gasteiger partial charge in [0.1, 0.15) is 0 Å². The highest BCUT2D eigenvalue weighted by Crippen LogP contribution is 2.17. The summed E-state index contributed by atoms with van der Waals surface area (Å²) in [6.07, 6.45) is 0. The molecule has 0 radical (unpaired) electrons. The molecular weight excluding hydrogens is 214 g/mol. The van der Waals surface area contributed by atoms with Gasteiger partial charge in [-0.2, -0.15) is 0 Å². The van der Waals surface area contributed by atoms with E-state index in [2.05, 4.69) is 28.9 Å². The summed E-state index contributed by atoms with van der Waals surface area (Å²) in [7, 11) is 0. The third-order valence-electron chi connectivity index (χ3n) is 2.74. The van der Waals surface area contributed by atoms with Crippen LogP contribution >= 0.6 is 0 Å². The molecule has 0 aliphatic rings. The van der Waals surface area contributed by atoms with E-state index in [1.54, 1.807) is 0 Å². The van der Waals surface area contributed by atoms with Gasteiger partial charge in [0.05, 0.1) is 6.54 Å². The lowest BCUT2D eigenvalue weighted by atomic mass is 10.2. The average Bonchev–Trinajstić information content (AvgIpc) is 2.85. The van der Waals surface area contributed by atoms with Crippen molar-refractivity contribution in [1.29, 1.82) is 0 Å². The topological polar surface area (TPSA) is 42.2 Å². The van der Waals surface area contributed by atoms with Crippen LogP contribution in [-0.4, -0.2) is 28.2 Å². The van der Waals surface area contributed by atoms with Crippen LogP contribution in [0, 0.1) is 0 Å². The Labute approximate surface area is 101 Å². The first-order chi connectivity index (χ1) is 8.33. The minimum Gasteiger partial charge on any atom is -0.419 e. The van der Waals surface area contributed by atoms with Crippen molar-refractivity contribution in [2.45, 2.75) is 20.4 Å². The summed E-state index contributed by atoms with van der Waals surface area (Å²) >= 11 is 0. The van der Waals surface area contributed by atoms with Gasteiger partial charge in [0.2, 0.25) is 11.8 Å². The monoisotopic (exact) mass is 231 g/mol. The van der Waals surface area contributed by atoms with Gasteiger partial charge in [0.25, 0.3) is 0 Å². The van der Waals surface area contributed by atoms with Gasteiger partial charge in [0, 0.05) is 5.56 Å². The van der Waals surface area contributed by atoms with Gasteiger partial charge < -0.3 is 4.42 Å². The van der Waals surface area contributed by atoms with E-state index in [9.17, 15) is 0 Å². The molecule has 2 rings (SSSR count). The molecule has 90 valence electrons. The molecule has 0 atom stereocenters. The fourth-order valence-corrected chi connectivity index (χ4v) is 1.65. The normalized spacial score (nSPS) is 11.0. The predicted molar refractivity (Wildman–Crippen MR) is 66.4 cm³/mol. The quantitative estimate of drug-likeness (QED) is 0.793. The third-order valence-corrected chi connectivity index (χ3v) is 2.74. The second-order valence-corrected chi connectivity index (χ2v) is 3.83. The molecule has 0 bridgehead atoms. The van der Waals surface area contributed by atoms with Gasteiger partial charge in [-0.1, -0.05) is 32.0 Å². The molecule has 0 aliphatic heterocycles. The summed E-state index contributed by atoms with van der Waals surface area (Å²) in [6, 6.07) is 9.83. The predicted octanol–water partition coefficient (Wildman–Crippen LogP) is 2.58. The van der Waals surface area contributed by atoms with Crippen molar-refractivity contribution in [2.24, 2.45) is 0 Å². The lowest BCUT2D eigenvalue weighted by Crippen LogP contribution is -2.22. The van der Waals surface area contributed by atoms with E-state index < -0.39 is 0 Å². The highest BCUT2D eigenvalue weighted by atomic mass is 16.4. The summed E-state index contributed by atoms with van der Waals surface area (Å²) in [4.78, 5) is 2.24. The lowest BCUT2D eigenvalue weighted by molar-refractivity contribution is 0.264. The lowest BCUT2D eigenvalue weighted by Gasteiger charge is -2.14. The Hall–Kier alpha value is -1.68. The number of nitrogens with zero attached hydrogens (tertiary/aromatic N) is 3. The molecule has 2 aromatic rings. The van der Waals surface area contributed by atoms with Gasteiger partial charge in [-0.15, -0.1) is 10.2 Å². The highest BCUT2D eigenvalue weighted by Gasteiger charge is 2.10. The molecule has 0 fully saturated rings. The van der Waals surface area contributed by atoms with Crippen LogP contribution in [0.25, 0.3) is 11.5 Å². The number of aromatic nitrogens is 2. The van der Waals surface area contributed by atoms with Crippen molar-refractivity contribution in [3.05, 3.63) is 36.2 Å². The number of hydrogen-bond donors (Lipinski definition) is 0. The molecule has 1 heterocycles. The van der Waals surface area contributed by atoms with Crippen LogP contribution in [0.3, 0.4) is 0 Å². The van der Waals surface area contributed by atoms with Gasteiger partial charge in [-0.25, -0.2) is 0 Å². The van der Waals surface area contributed by atoms with Gasteiger partial charge in [-0.05, 0) is 25.2 Å². The van der Waals surface area contributed by atoms with Gasteiger partial charge >= 0.3 is 0 Å². The van der Waals surface area contributed by atoms with Crippen molar-refractivity contribution in [1.82, 2.24) is 15.1 Å². The number of benzene rings is 1. The van der Waals surface area contributed by atoms with E-state index in [4.69, 9.17) is 4.42 Å².